The third-order valence-electron chi connectivity index (χ3n) is 12.0. The molecule has 4 heterocycles. The standard InChI is InChI=1S/C47H64N8O6/c1-8-33-14-16-49-28-39(33)43-38(27-47(5,6)29-61-30-56)37-26-34(12-13-41(37)54(43)9-2)35-22-32(23-36(57)25-35)24-40(45(59)55-19-11-10-15-50-55)51-44(58)42(31(3)4)52(7)46(60)53-20-17-48-18-21-53/h12-14,16,22-23,25-26,28,30-31,40,42,48,50,57H,8-11,15,17-21,24,27,29H2,1-7H3,(H,51,58). The number of ether oxygens (including phenoxy) is 1. The van der Waals surface area contributed by atoms with Crippen LogP contribution >= 0.6 is 0 Å². The molecule has 14 nitrogen and oxygen atoms in total. The molecule has 61 heavy (non-hydrogen) atoms. The van der Waals surface area contributed by atoms with Crippen molar-refractivity contribution in [2.24, 2.45) is 11.3 Å². The van der Waals surface area contributed by atoms with Crippen molar-refractivity contribution >= 4 is 35.2 Å². The Balaban J connectivity index is 1.38. The molecule has 2 aliphatic heterocycles. The van der Waals surface area contributed by atoms with Crippen LogP contribution < -0.4 is 16.1 Å². The predicted molar refractivity (Wildman–Crippen MR) is 238 cm³/mol. The van der Waals surface area contributed by atoms with Crippen molar-refractivity contribution in [1.82, 2.24) is 40.4 Å². The second kappa shape index (κ2) is 19.9. The Labute approximate surface area is 360 Å². The SMILES string of the molecule is CCc1ccncc1-c1c(CC(C)(C)COC=O)c2cc(-c3cc(O)cc(CC(NC(=O)C(C(C)C)N(C)C(=O)N4CCNCC4)C(=O)N4CCCCN4)c3)ccc2n1CC. The van der Waals surface area contributed by atoms with Crippen LogP contribution in [0.4, 0.5) is 4.79 Å². The molecule has 2 fully saturated rings. The van der Waals surface area contributed by atoms with Crippen LogP contribution in [0.15, 0.2) is 54.9 Å². The molecule has 0 aliphatic carbocycles. The molecule has 0 radical (unpaired) electrons. The monoisotopic (exact) mass is 836 g/mol. The minimum Gasteiger partial charge on any atom is -0.508 e. The number of pyridine rings is 1. The Kier molecular flexibility index (Phi) is 14.7. The van der Waals surface area contributed by atoms with E-state index in [0.717, 1.165) is 64.7 Å². The van der Waals surface area contributed by atoms with E-state index in [4.69, 9.17) is 4.74 Å². The van der Waals surface area contributed by atoms with Crippen molar-refractivity contribution in [1.29, 1.82) is 0 Å². The molecule has 2 aromatic heterocycles. The van der Waals surface area contributed by atoms with Gasteiger partial charge in [-0.1, -0.05) is 46.8 Å². The zero-order valence-electron chi connectivity index (χ0n) is 36.9. The number of likely N-dealkylation sites (N-methyl/N-ethyl adjacent to an activating group) is 1. The fourth-order valence-corrected chi connectivity index (χ4v) is 8.99. The van der Waals surface area contributed by atoms with Crippen LogP contribution in [0, 0.1) is 11.3 Å². The molecule has 4 amide bonds. The third kappa shape index (κ3) is 10.4. The number of nitrogens with zero attached hydrogens (tertiary/aromatic N) is 5. The molecule has 14 heteroatoms. The zero-order chi connectivity index (χ0) is 43.8. The van der Waals surface area contributed by atoms with Gasteiger partial charge in [-0.05, 0) is 96.7 Å². The summed E-state index contributed by atoms with van der Waals surface area (Å²) in [6, 6.07) is 11.7. The summed E-state index contributed by atoms with van der Waals surface area (Å²) in [4.78, 5) is 61.2. The molecule has 2 unspecified atom stereocenters. The van der Waals surface area contributed by atoms with E-state index in [-0.39, 0.29) is 42.0 Å². The lowest BCUT2D eigenvalue weighted by atomic mass is 9.84. The van der Waals surface area contributed by atoms with E-state index in [1.807, 2.05) is 38.4 Å². The first-order valence-corrected chi connectivity index (χ1v) is 21.8. The molecular weight excluding hydrogens is 773 g/mol. The summed E-state index contributed by atoms with van der Waals surface area (Å²) >= 11 is 0. The van der Waals surface area contributed by atoms with Gasteiger partial charge in [-0.25, -0.2) is 10.2 Å². The van der Waals surface area contributed by atoms with E-state index in [0.29, 0.717) is 57.7 Å². The number of hydrazine groups is 1. The average Bonchev–Trinajstić information content (AvgIpc) is 3.56. The second-order valence-corrected chi connectivity index (χ2v) is 17.5. The number of benzene rings is 2. The number of carbonyl (C=O) groups excluding carboxylic acids is 4. The number of nitrogens with one attached hydrogen (secondary N) is 3. The van der Waals surface area contributed by atoms with Gasteiger partial charge in [0.25, 0.3) is 12.4 Å². The molecule has 6 rings (SSSR count). The van der Waals surface area contributed by atoms with Gasteiger partial charge < -0.3 is 34.8 Å². The summed E-state index contributed by atoms with van der Waals surface area (Å²) in [5, 5.41) is 20.2. The van der Waals surface area contributed by atoms with E-state index in [1.54, 1.807) is 29.1 Å². The molecule has 328 valence electrons. The maximum atomic E-state index is 14.3. The third-order valence-corrected chi connectivity index (χ3v) is 12.0. The van der Waals surface area contributed by atoms with Crippen molar-refractivity contribution in [2.45, 2.75) is 92.3 Å². The first-order valence-electron chi connectivity index (χ1n) is 21.8. The summed E-state index contributed by atoms with van der Waals surface area (Å²) in [6.07, 6.45) is 7.09. The van der Waals surface area contributed by atoms with E-state index < -0.39 is 18.0 Å². The van der Waals surface area contributed by atoms with E-state index >= 15 is 0 Å². The number of fused-ring (bicyclic) bond motifs is 1. The van der Waals surface area contributed by atoms with E-state index in [9.17, 15) is 24.3 Å². The first kappa shape index (κ1) is 45.1. The van der Waals surface area contributed by atoms with Gasteiger partial charge in [0.15, 0.2) is 0 Å². The number of phenolic OH excluding ortho intramolecular Hbond substituents is 1. The highest BCUT2D eigenvalue weighted by molar-refractivity contribution is 5.96. The normalized spacial score (nSPS) is 15.7. The van der Waals surface area contributed by atoms with Crippen LogP contribution in [0.25, 0.3) is 33.3 Å². The summed E-state index contributed by atoms with van der Waals surface area (Å²) in [6.45, 7) is 17.3. The maximum Gasteiger partial charge on any atom is 0.320 e. The largest absolute Gasteiger partial charge is 0.508 e. The number of urea groups is 1. The van der Waals surface area contributed by atoms with Crippen LogP contribution in [0.1, 0.15) is 71.1 Å². The highest BCUT2D eigenvalue weighted by atomic mass is 16.5. The number of rotatable bonds is 16. The van der Waals surface area contributed by atoms with Crippen LogP contribution in [0.2, 0.25) is 0 Å². The van der Waals surface area contributed by atoms with Crippen LogP contribution in [-0.2, 0) is 44.9 Å². The van der Waals surface area contributed by atoms with Crippen LogP contribution in [0.5, 0.6) is 5.75 Å². The summed E-state index contributed by atoms with van der Waals surface area (Å²) < 4.78 is 7.62. The highest BCUT2D eigenvalue weighted by Crippen LogP contribution is 2.41. The van der Waals surface area contributed by atoms with Crippen molar-refractivity contribution in [3.63, 3.8) is 0 Å². The minimum absolute atomic E-state index is 0.0322. The van der Waals surface area contributed by atoms with Gasteiger partial charge in [0.2, 0.25) is 5.91 Å². The molecular formula is C47H64N8O6. The fraction of sp³-hybridized carbons (Fsp3) is 0.511. The molecule has 4 N–H and O–H groups in total. The molecule has 0 spiro atoms. The number of aryl methyl sites for hydroxylation is 2. The van der Waals surface area contributed by atoms with Gasteiger partial charge in [0, 0.05) is 93.6 Å². The fourth-order valence-electron chi connectivity index (χ4n) is 8.99. The van der Waals surface area contributed by atoms with Gasteiger partial charge in [-0.15, -0.1) is 0 Å². The number of aromatic nitrogens is 2. The Morgan fingerprint density at radius 3 is 2.46 bits per heavy atom. The van der Waals surface area contributed by atoms with E-state index in [2.05, 4.69) is 71.5 Å². The Bertz CT molecular complexity index is 2190. The number of phenols is 1. The number of carbonyl (C=O) groups is 4. The molecule has 2 aromatic carbocycles. The van der Waals surface area contributed by atoms with Gasteiger partial charge in [-0.2, -0.15) is 0 Å². The minimum atomic E-state index is -0.977. The Morgan fingerprint density at radius 2 is 1.79 bits per heavy atom. The van der Waals surface area contributed by atoms with Gasteiger partial charge >= 0.3 is 6.03 Å². The summed E-state index contributed by atoms with van der Waals surface area (Å²) in [5.41, 5.74) is 10.6. The molecule has 0 saturated carbocycles. The Morgan fingerprint density at radius 1 is 1.02 bits per heavy atom. The summed E-state index contributed by atoms with van der Waals surface area (Å²) in [5.74, 6) is -0.887. The molecule has 4 aromatic rings. The average molecular weight is 837 g/mol. The lowest BCUT2D eigenvalue weighted by molar-refractivity contribution is -0.141. The smallest absolute Gasteiger partial charge is 0.320 e. The van der Waals surface area contributed by atoms with E-state index in [1.165, 1.54) is 10.5 Å². The molecule has 2 saturated heterocycles. The topological polar surface area (TPSA) is 161 Å². The van der Waals surface area contributed by atoms with Crippen molar-refractivity contribution < 1.29 is 29.0 Å². The highest BCUT2D eigenvalue weighted by Gasteiger charge is 2.36. The van der Waals surface area contributed by atoms with Crippen LogP contribution in [-0.4, -0.2) is 119 Å². The number of aromatic hydroxyl groups is 1. The number of amides is 4. The second-order valence-electron chi connectivity index (χ2n) is 17.5. The van der Waals surface area contributed by atoms with Gasteiger partial charge in [-0.3, -0.25) is 24.4 Å². The quantitative estimate of drug-likeness (QED) is 0.106. The molecule has 2 aliphatic rings. The Hall–Kier alpha value is -5.47. The lowest BCUT2D eigenvalue weighted by Crippen LogP contribution is -2.61. The maximum absolute atomic E-state index is 14.3. The summed E-state index contributed by atoms with van der Waals surface area (Å²) in [7, 11) is 1.65. The van der Waals surface area contributed by atoms with Gasteiger partial charge in [0.1, 0.15) is 17.8 Å². The van der Waals surface area contributed by atoms with Gasteiger partial charge in [0.05, 0.1) is 12.3 Å². The van der Waals surface area contributed by atoms with Crippen molar-refractivity contribution in [3.8, 4) is 28.1 Å². The van der Waals surface area contributed by atoms with Crippen LogP contribution in [0.3, 0.4) is 0 Å². The lowest BCUT2D eigenvalue weighted by Gasteiger charge is -2.37. The number of hydrogen-bond acceptors (Lipinski definition) is 9. The van der Waals surface area contributed by atoms with Crippen molar-refractivity contribution in [3.05, 3.63) is 71.5 Å². The van der Waals surface area contributed by atoms with Crippen molar-refractivity contribution in [2.75, 3.05) is 52.9 Å². The predicted octanol–water partition coefficient (Wildman–Crippen LogP) is 5.54. The number of hydrogen-bond donors (Lipinski definition) is 4. The first-order chi connectivity index (χ1) is 29.3. The zero-order valence-corrected chi connectivity index (χ0v) is 36.9. The molecule has 2 atom stereocenters. The molecule has 0 bridgehead atoms. The number of piperazine rings is 1.